The summed E-state index contributed by atoms with van der Waals surface area (Å²) in [6.07, 6.45) is 34.8. The number of rotatable bonds is 9. The smallest absolute Gasteiger partial charge is 0.0376 e. The Bertz CT molecular complexity index is 446. The van der Waals surface area contributed by atoms with Crippen molar-refractivity contribution in [3.05, 3.63) is 110 Å². The summed E-state index contributed by atoms with van der Waals surface area (Å²) in [5.41, 5.74) is 0. The predicted octanol–water partition coefficient (Wildman–Crippen LogP) is 6.03. The summed E-state index contributed by atoms with van der Waals surface area (Å²) in [5, 5.41) is 0. The van der Waals surface area contributed by atoms with E-state index in [9.17, 15) is 0 Å². The fraction of sp³-hybridized carbons (Fsp3) is 0.100. The molecular formula is C20H24. The van der Waals surface area contributed by atoms with Gasteiger partial charge in [-0.25, -0.2) is 0 Å². The van der Waals surface area contributed by atoms with Gasteiger partial charge in [0.05, 0.1) is 0 Å². The molecule has 0 N–H and O–H groups in total. The molecule has 0 unspecified atom stereocenters. The van der Waals surface area contributed by atoms with Crippen molar-refractivity contribution in [2.45, 2.75) is 13.3 Å². The molecule has 0 aliphatic carbocycles. The first-order chi connectivity index (χ1) is 9.91. The fourth-order valence-corrected chi connectivity index (χ4v) is 1.13. The maximum absolute atomic E-state index is 3.60. The van der Waals surface area contributed by atoms with Crippen LogP contribution in [0.25, 0.3) is 0 Å². The molecule has 104 valence electrons. The van der Waals surface area contributed by atoms with Gasteiger partial charge in [0.15, 0.2) is 0 Å². The topological polar surface area (TPSA) is 0 Å². The van der Waals surface area contributed by atoms with E-state index in [1.165, 1.54) is 0 Å². The minimum absolute atomic E-state index is 1.08. The molecule has 0 rings (SSSR count). The molecule has 0 saturated heterocycles. The summed E-state index contributed by atoms with van der Waals surface area (Å²) < 4.78 is 0. The van der Waals surface area contributed by atoms with Crippen LogP contribution in [0.3, 0.4) is 0 Å². The third-order valence-electron chi connectivity index (χ3n) is 2.06. The molecule has 0 saturated carbocycles. The Morgan fingerprint density at radius 2 is 0.800 bits per heavy atom. The van der Waals surface area contributed by atoms with Crippen LogP contribution in [-0.4, -0.2) is 0 Å². The lowest BCUT2D eigenvalue weighted by atomic mass is 10.3. The minimum atomic E-state index is 1.08. The first kappa shape index (κ1) is 17.7. The zero-order valence-corrected chi connectivity index (χ0v) is 12.2. The number of allylic oxidation sites excluding steroid dienone is 17. The lowest BCUT2D eigenvalue weighted by Gasteiger charge is -1.76. The van der Waals surface area contributed by atoms with Crippen molar-refractivity contribution in [2.75, 3.05) is 0 Å². The first-order valence-electron chi connectivity index (χ1n) is 6.86. The van der Waals surface area contributed by atoms with E-state index in [4.69, 9.17) is 0 Å². The van der Waals surface area contributed by atoms with Gasteiger partial charge in [-0.1, -0.05) is 117 Å². The van der Waals surface area contributed by atoms with Gasteiger partial charge in [0.2, 0.25) is 0 Å². The summed E-state index contributed by atoms with van der Waals surface area (Å²) in [6.45, 7) is 5.72. The second-order valence-corrected chi connectivity index (χ2v) is 3.77. The highest BCUT2D eigenvalue weighted by molar-refractivity contribution is 5.21. The van der Waals surface area contributed by atoms with Crippen LogP contribution in [0.5, 0.6) is 0 Å². The largest absolute Gasteiger partial charge is 0.0991 e. The molecule has 0 atom stereocenters. The van der Waals surface area contributed by atoms with Crippen molar-refractivity contribution < 1.29 is 0 Å². The molecule has 0 spiro atoms. The molecule has 0 aromatic rings. The van der Waals surface area contributed by atoms with Crippen molar-refractivity contribution in [2.24, 2.45) is 0 Å². The van der Waals surface area contributed by atoms with Crippen LogP contribution in [-0.2, 0) is 0 Å². The maximum atomic E-state index is 3.60. The van der Waals surface area contributed by atoms with E-state index in [0.29, 0.717) is 0 Å². The molecule has 0 aliphatic heterocycles. The molecule has 0 aliphatic rings. The fourth-order valence-electron chi connectivity index (χ4n) is 1.13. The Kier molecular flexibility index (Phi) is 14.7. The Labute approximate surface area is 123 Å². The van der Waals surface area contributed by atoms with E-state index < -0.39 is 0 Å². The lowest BCUT2D eigenvalue weighted by molar-refractivity contribution is 1.22. The second kappa shape index (κ2) is 16.7. The minimum Gasteiger partial charge on any atom is -0.0991 e. The van der Waals surface area contributed by atoms with E-state index in [1.54, 1.807) is 6.08 Å². The van der Waals surface area contributed by atoms with E-state index in [2.05, 4.69) is 25.7 Å². The van der Waals surface area contributed by atoms with E-state index in [-0.39, 0.29) is 0 Å². The van der Waals surface area contributed by atoms with E-state index in [1.807, 2.05) is 85.1 Å². The van der Waals surface area contributed by atoms with Crippen LogP contribution in [0.15, 0.2) is 110 Å². The van der Waals surface area contributed by atoms with E-state index >= 15 is 0 Å². The summed E-state index contributed by atoms with van der Waals surface area (Å²) in [6, 6.07) is 0. The van der Waals surface area contributed by atoms with Gasteiger partial charge >= 0.3 is 0 Å². The zero-order chi connectivity index (χ0) is 14.7. The normalized spacial score (nSPS) is 14.1. The highest BCUT2D eigenvalue weighted by Gasteiger charge is 1.65. The Balaban J connectivity index is 3.83. The van der Waals surface area contributed by atoms with Crippen LogP contribution in [0, 0.1) is 0 Å². The molecule has 0 fully saturated rings. The summed E-state index contributed by atoms with van der Waals surface area (Å²) in [7, 11) is 0. The van der Waals surface area contributed by atoms with Gasteiger partial charge < -0.3 is 0 Å². The Hall–Kier alpha value is -2.34. The SMILES string of the molecule is C=CC=CC=CC=CC=CC=CC=CC=CC=CCC. The average Bonchev–Trinajstić information content (AvgIpc) is 2.47. The van der Waals surface area contributed by atoms with Crippen LogP contribution < -0.4 is 0 Å². The van der Waals surface area contributed by atoms with Crippen molar-refractivity contribution in [3.8, 4) is 0 Å². The quantitative estimate of drug-likeness (QED) is 0.446. The van der Waals surface area contributed by atoms with Gasteiger partial charge in [-0.05, 0) is 6.42 Å². The second-order valence-electron chi connectivity index (χ2n) is 3.77. The predicted molar refractivity (Wildman–Crippen MR) is 93.6 cm³/mol. The monoisotopic (exact) mass is 264 g/mol. The van der Waals surface area contributed by atoms with Crippen molar-refractivity contribution in [1.29, 1.82) is 0 Å². The highest BCUT2D eigenvalue weighted by atomic mass is 13.7. The van der Waals surface area contributed by atoms with Gasteiger partial charge in [-0.3, -0.25) is 0 Å². The molecule has 0 heterocycles. The van der Waals surface area contributed by atoms with E-state index in [0.717, 1.165) is 6.42 Å². The highest BCUT2D eigenvalue weighted by Crippen LogP contribution is 1.86. The molecule has 0 nitrogen and oxygen atoms in total. The Morgan fingerprint density at radius 3 is 1.10 bits per heavy atom. The van der Waals surface area contributed by atoms with Crippen molar-refractivity contribution in [1.82, 2.24) is 0 Å². The molecule has 0 heteroatoms. The van der Waals surface area contributed by atoms with Crippen LogP contribution in [0.4, 0.5) is 0 Å². The molecule has 0 amide bonds. The molecule has 0 bridgehead atoms. The summed E-state index contributed by atoms with van der Waals surface area (Å²) in [4.78, 5) is 0. The zero-order valence-electron chi connectivity index (χ0n) is 12.2. The third kappa shape index (κ3) is 15.7. The first-order valence-corrected chi connectivity index (χ1v) is 6.86. The molecule has 0 aromatic carbocycles. The van der Waals surface area contributed by atoms with Crippen LogP contribution in [0.2, 0.25) is 0 Å². The van der Waals surface area contributed by atoms with Gasteiger partial charge in [-0.15, -0.1) is 0 Å². The van der Waals surface area contributed by atoms with Crippen molar-refractivity contribution in [3.63, 3.8) is 0 Å². The van der Waals surface area contributed by atoms with Gasteiger partial charge in [-0.2, -0.15) is 0 Å². The van der Waals surface area contributed by atoms with Crippen LogP contribution in [0.1, 0.15) is 13.3 Å². The molecule has 0 radical (unpaired) electrons. The maximum Gasteiger partial charge on any atom is -0.0376 e. The summed E-state index contributed by atoms with van der Waals surface area (Å²) in [5.74, 6) is 0. The third-order valence-corrected chi connectivity index (χ3v) is 2.06. The Morgan fingerprint density at radius 1 is 0.500 bits per heavy atom. The lowest BCUT2D eigenvalue weighted by Crippen LogP contribution is -1.54. The molecule has 20 heavy (non-hydrogen) atoms. The van der Waals surface area contributed by atoms with Gasteiger partial charge in [0, 0.05) is 0 Å². The van der Waals surface area contributed by atoms with Gasteiger partial charge in [0.1, 0.15) is 0 Å². The molecule has 0 aromatic heterocycles. The summed E-state index contributed by atoms with van der Waals surface area (Å²) >= 11 is 0. The van der Waals surface area contributed by atoms with Crippen LogP contribution >= 0.6 is 0 Å². The standard InChI is InChI=1S/C20H24/c1-3-5-7-9-11-13-15-17-19-20-18-16-14-12-10-8-6-4-2/h3,5-20H,1,4H2,2H3. The molecular weight excluding hydrogens is 240 g/mol. The van der Waals surface area contributed by atoms with Gasteiger partial charge in [0.25, 0.3) is 0 Å². The van der Waals surface area contributed by atoms with Crippen molar-refractivity contribution >= 4 is 0 Å². The number of hydrogen-bond acceptors (Lipinski definition) is 0. The number of hydrogen-bond donors (Lipinski definition) is 0. The average molecular weight is 264 g/mol.